The highest BCUT2D eigenvalue weighted by molar-refractivity contribution is 6.34. The fourth-order valence-corrected chi connectivity index (χ4v) is 6.57. The van der Waals surface area contributed by atoms with E-state index in [0.29, 0.717) is 16.5 Å². The van der Waals surface area contributed by atoms with Crippen LogP contribution in [0.25, 0.3) is 0 Å². The molecular weight excluding hydrogens is 442 g/mol. The lowest BCUT2D eigenvalue weighted by Gasteiger charge is -2.39. The van der Waals surface area contributed by atoms with Crippen LogP contribution in [0.4, 0.5) is 0 Å². The minimum Gasteiger partial charge on any atom is -0.303 e. The van der Waals surface area contributed by atoms with Gasteiger partial charge >= 0.3 is 0 Å². The molecular formula is C30H36ClNO2. The molecule has 2 aliphatic rings. The number of aldehydes is 1. The van der Waals surface area contributed by atoms with Crippen LogP contribution in [-0.2, 0) is 10.2 Å². The quantitative estimate of drug-likeness (QED) is 0.324. The average Bonchev–Trinajstić information content (AvgIpc) is 2.84. The number of carbonyl (C=O) groups excluding carboxylic acids is 2. The van der Waals surface area contributed by atoms with Crippen LogP contribution in [-0.4, -0.2) is 17.9 Å². The zero-order valence-electron chi connectivity index (χ0n) is 20.7. The van der Waals surface area contributed by atoms with Crippen LogP contribution in [0.5, 0.6) is 0 Å². The van der Waals surface area contributed by atoms with Gasteiger partial charge in [0.1, 0.15) is 6.29 Å². The van der Waals surface area contributed by atoms with Gasteiger partial charge in [0.05, 0.1) is 10.6 Å². The Balaban J connectivity index is 1.67. The lowest BCUT2D eigenvalue weighted by Crippen LogP contribution is -2.38. The summed E-state index contributed by atoms with van der Waals surface area (Å²) in [6.07, 6.45) is 10.8. The van der Waals surface area contributed by atoms with Crippen LogP contribution < -0.4 is 0 Å². The second kappa shape index (κ2) is 10.6. The average molecular weight is 478 g/mol. The molecule has 2 saturated carbocycles. The van der Waals surface area contributed by atoms with Crippen LogP contribution in [0, 0.1) is 19.8 Å². The molecule has 1 amide bonds. The molecule has 0 unspecified atom stereocenters. The molecule has 34 heavy (non-hydrogen) atoms. The zero-order chi connectivity index (χ0) is 24.3. The molecule has 0 atom stereocenters. The van der Waals surface area contributed by atoms with Gasteiger partial charge in [0, 0.05) is 17.0 Å². The standard InChI is InChI=1S/C30H36ClNO2/c1-20-8-7-9-27(31)28(20)29(34)32-22(3)30(16-5-4-6-17-30)26-15-14-25(18-21(26)2)24-12-10-23(19-33)11-13-24/h7-9,14-15,18-19,23-24H,4-6,10-13,16-17H2,1-3H3. The Bertz CT molecular complexity index is 1070. The van der Waals surface area contributed by atoms with Crippen molar-refractivity contribution < 1.29 is 9.59 Å². The van der Waals surface area contributed by atoms with Crippen LogP contribution in [0.1, 0.15) is 103 Å². The van der Waals surface area contributed by atoms with Crippen molar-refractivity contribution in [2.75, 3.05) is 0 Å². The number of carbonyl (C=O) groups is 2. The Labute approximate surface area is 209 Å². The van der Waals surface area contributed by atoms with Crippen LogP contribution in [0.3, 0.4) is 0 Å². The number of benzene rings is 2. The van der Waals surface area contributed by atoms with Gasteiger partial charge in [-0.3, -0.25) is 4.79 Å². The topological polar surface area (TPSA) is 46.5 Å². The van der Waals surface area contributed by atoms with Crippen molar-refractivity contribution >= 4 is 29.5 Å². The first kappa shape index (κ1) is 24.9. The van der Waals surface area contributed by atoms with Gasteiger partial charge in [-0.15, -0.1) is 0 Å². The summed E-state index contributed by atoms with van der Waals surface area (Å²) >= 11 is 6.37. The molecule has 0 bridgehead atoms. The number of nitrogens with zero attached hydrogens (tertiary/aromatic N) is 1. The van der Waals surface area contributed by atoms with Gasteiger partial charge in [0.2, 0.25) is 0 Å². The number of rotatable bonds is 5. The molecule has 4 heteroatoms. The van der Waals surface area contributed by atoms with E-state index in [-0.39, 0.29) is 17.2 Å². The first-order chi connectivity index (χ1) is 16.4. The first-order valence-electron chi connectivity index (χ1n) is 12.8. The van der Waals surface area contributed by atoms with Crippen LogP contribution in [0.2, 0.25) is 5.02 Å². The van der Waals surface area contributed by atoms with Crippen molar-refractivity contribution in [2.24, 2.45) is 10.9 Å². The smallest absolute Gasteiger partial charge is 0.278 e. The Hall–Kier alpha value is -2.26. The van der Waals surface area contributed by atoms with Crippen molar-refractivity contribution in [3.05, 3.63) is 69.2 Å². The van der Waals surface area contributed by atoms with Gasteiger partial charge < -0.3 is 4.79 Å². The molecule has 4 rings (SSSR count). The molecule has 0 heterocycles. The predicted molar refractivity (Wildman–Crippen MR) is 140 cm³/mol. The second-order valence-electron chi connectivity index (χ2n) is 10.4. The molecule has 0 saturated heterocycles. The monoisotopic (exact) mass is 477 g/mol. The SMILES string of the molecule is CC(=NC(=O)c1c(C)cccc1Cl)C1(c2ccc(C3CCC(C=O)CC3)cc2C)CCCCC1. The fourth-order valence-electron chi connectivity index (χ4n) is 6.27. The predicted octanol–water partition coefficient (Wildman–Crippen LogP) is 7.93. The first-order valence-corrected chi connectivity index (χ1v) is 13.1. The summed E-state index contributed by atoms with van der Waals surface area (Å²) in [7, 11) is 0. The molecule has 2 aromatic carbocycles. The maximum absolute atomic E-state index is 13.2. The molecule has 3 nitrogen and oxygen atoms in total. The van der Waals surface area contributed by atoms with E-state index in [1.807, 2.05) is 26.0 Å². The molecule has 0 N–H and O–H groups in total. The number of hydrogen-bond donors (Lipinski definition) is 0. The summed E-state index contributed by atoms with van der Waals surface area (Å²) < 4.78 is 0. The highest BCUT2D eigenvalue weighted by Crippen LogP contribution is 2.44. The van der Waals surface area contributed by atoms with E-state index in [4.69, 9.17) is 11.6 Å². The summed E-state index contributed by atoms with van der Waals surface area (Å²) in [6.45, 7) is 6.15. The van der Waals surface area contributed by atoms with E-state index in [0.717, 1.165) is 68.9 Å². The molecule has 0 aromatic heterocycles. The third-order valence-corrected chi connectivity index (χ3v) is 8.62. The third kappa shape index (κ3) is 4.91. The van der Waals surface area contributed by atoms with E-state index in [1.54, 1.807) is 6.07 Å². The fraction of sp³-hybridized carbons (Fsp3) is 0.500. The third-order valence-electron chi connectivity index (χ3n) is 8.31. The summed E-state index contributed by atoms with van der Waals surface area (Å²) in [6, 6.07) is 12.5. The lowest BCUT2D eigenvalue weighted by molar-refractivity contribution is -0.111. The van der Waals surface area contributed by atoms with E-state index in [2.05, 4.69) is 30.1 Å². The van der Waals surface area contributed by atoms with Crippen molar-refractivity contribution in [2.45, 2.75) is 89.9 Å². The van der Waals surface area contributed by atoms with Crippen LogP contribution >= 0.6 is 11.6 Å². The van der Waals surface area contributed by atoms with E-state index in [9.17, 15) is 9.59 Å². The van der Waals surface area contributed by atoms with Crippen LogP contribution in [0.15, 0.2) is 41.4 Å². The maximum Gasteiger partial charge on any atom is 0.278 e. The number of hydrogen-bond acceptors (Lipinski definition) is 2. The lowest BCUT2D eigenvalue weighted by atomic mass is 9.65. The number of amides is 1. The molecule has 0 aliphatic heterocycles. The molecule has 0 spiro atoms. The normalized spacial score (nSPS) is 22.9. The summed E-state index contributed by atoms with van der Waals surface area (Å²) in [5.74, 6) is 0.526. The van der Waals surface area contributed by atoms with Crippen molar-refractivity contribution in [3.8, 4) is 0 Å². The van der Waals surface area contributed by atoms with E-state index < -0.39 is 0 Å². The van der Waals surface area contributed by atoms with E-state index >= 15 is 0 Å². The number of aryl methyl sites for hydroxylation is 2. The van der Waals surface area contributed by atoms with Crippen molar-refractivity contribution in [3.63, 3.8) is 0 Å². The Morgan fingerprint density at radius 3 is 2.32 bits per heavy atom. The van der Waals surface area contributed by atoms with Crippen molar-refractivity contribution in [1.82, 2.24) is 0 Å². The Morgan fingerprint density at radius 2 is 1.71 bits per heavy atom. The summed E-state index contributed by atoms with van der Waals surface area (Å²) in [4.78, 5) is 29.0. The minimum absolute atomic E-state index is 0.207. The second-order valence-corrected chi connectivity index (χ2v) is 10.8. The van der Waals surface area contributed by atoms with Gasteiger partial charge in [-0.25, -0.2) is 4.99 Å². The molecule has 0 radical (unpaired) electrons. The summed E-state index contributed by atoms with van der Waals surface area (Å²) in [5, 5.41) is 0.462. The maximum atomic E-state index is 13.2. The van der Waals surface area contributed by atoms with E-state index in [1.165, 1.54) is 23.1 Å². The summed E-state index contributed by atoms with van der Waals surface area (Å²) in [5.41, 5.74) is 6.04. The van der Waals surface area contributed by atoms with Gasteiger partial charge in [-0.1, -0.05) is 61.2 Å². The van der Waals surface area contributed by atoms with Gasteiger partial charge in [-0.05, 0) is 93.5 Å². The largest absolute Gasteiger partial charge is 0.303 e. The molecule has 2 aliphatic carbocycles. The van der Waals surface area contributed by atoms with Gasteiger partial charge in [0.15, 0.2) is 0 Å². The molecule has 2 fully saturated rings. The highest BCUT2D eigenvalue weighted by atomic mass is 35.5. The Kier molecular flexibility index (Phi) is 7.72. The zero-order valence-corrected chi connectivity index (χ0v) is 21.5. The highest BCUT2D eigenvalue weighted by Gasteiger charge is 2.38. The Morgan fingerprint density at radius 1 is 1.00 bits per heavy atom. The van der Waals surface area contributed by atoms with Gasteiger partial charge in [-0.2, -0.15) is 0 Å². The van der Waals surface area contributed by atoms with Gasteiger partial charge in [0.25, 0.3) is 5.91 Å². The van der Waals surface area contributed by atoms with Crippen molar-refractivity contribution in [1.29, 1.82) is 0 Å². The minimum atomic E-state index is -0.244. The number of aliphatic imine (C=N–C) groups is 1. The molecule has 180 valence electrons. The molecule has 2 aromatic rings. The number of halogens is 1.